The Kier molecular flexibility index (Phi) is 3.79. The van der Waals surface area contributed by atoms with Crippen molar-refractivity contribution in [2.24, 2.45) is 0 Å². The molecule has 0 aliphatic rings. The molecule has 0 amide bonds. The van der Waals surface area contributed by atoms with E-state index in [4.69, 9.17) is 16.9 Å². The zero-order valence-electron chi connectivity index (χ0n) is 7.68. The minimum Gasteiger partial charge on any atom is -0.198 e. The average Bonchev–Trinajstić information content (AvgIpc) is 2.16. The Morgan fingerprint density at radius 2 is 2.15 bits per heavy atom. The molecule has 1 aromatic rings. The number of benzene rings is 1. The van der Waals surface area contributed by atoms with Crippen LogP contribution in [0.1, 0.15) is 23.1 Å². The first kappa shape index (κ1) is 10.1. The van der Waals surface area contributed by atoms with E-state index in [9.17, 15) is 0 Å². The maximum Gasteiger partial charge on any atom is 0.0625 e. The second kappa shape index (κ2) is 4.89. The average molecular weight is 194 g/mol. The molecule has 0 fully saturated rings. The first-order valence-electron chi connectivity index (χ1n) is 4.29. The fourth-order valence-electron chi connectivity index (χ4n) is 1.31. The summed E-state index contributed by atoms with van der Waals surface area (Å²) in [7, 11) is 0. The number of nitriles is 1. The van der Waals surface area contributed by atoms with E-state index in [1.54, 1.807) is 0 Å². The standard InChI is InChI=1S/C11H12ClN/c1-9-4-5-10(3-2-6-13)11(7-9)8-12/h4-5,7H,2-3,8H2,1H3. The summed E-state index contributed by atoms with van der Waals surface area (Å²) in [6.07, 6.45) is 1.37. The number of halogens is 1. The quantitative estimate of drug-likeness (QED) is 0.677. The van der Waals surface area contributed by atoms with Gasteiger partial charge in [0, 0.05) is 12.3 Å². The lowest BCUT2D eigenvalue weighted by Gasteiger charge is -2.05. The minimum atomic E-state index is 0.530. The molecule has 1 rings (SSSR count). The van der Waals surface area contributed by atoms with Crippen LogP contribution in [0.25, 0.3) is 0 Å². The zero-order valence-corrected chi connectivity index (χ0v) is 8.43. The molecule has 13 heavy (non-hydrogen) atoms. The van der Waals surface area contributed by atoms with Crippen molar-refractivity contribution >= 4 is 11.6 Å². The van der Waals surface area contributed by atoms with Gasteiger partial charge in [-0.05, 0) is 24.5 Å². The molecule has 1 nitrogen and oxygen atoms in total. The summed E-state index contributed by atoms with van der Waals surface area (Å²) in [6.45, 7) is 2.05. The van der Waals surface area contributed by atoms with Crippen molar-refractivity contribution in [3.63, 3.8) is 0 Å². The Morgan fingerprint density at radius 3 is 2.77 bits per heavy atom. The summed E-state index contributed by atoms with van der Waals surface area (Å²) in [6, 6.07) is 8.34. The van der Waals surface area contributed by atoms with Crippen molar-refractivity contribution in [2.45, 2.75) is 25.6 Å². The van der Waals surface area contributed by atoms with Crippen molar-refractivity contribution in [3.05, 3.63) is 34.9 Å². The fourth-order valence-corrected chi connectivity index (χ4v) is 1.56. The van der Waals surface area contributed by atoms with Crippen LogP contribution in [-0.4, -0.2) is 0 Å². The second-order valence-electron chi connectivity index (χ2n) is 3.06. The summed E-state index contributed by atoms with van der Waals surface area (Å²) in [5.41, 5.74) is 3.57. The smallest absolute Gasteiger partial charge is 0.0625 e. The number of aryl methyl sites for hydroxylation is 2. The van der Waals surface area contributed by atoms with Gasteiger partial charge in [0.05, 0.1) is 6.07 Å². The monoisotopic (exact) mass is 193 g/mol. The van der Waals surface area contributed by atoms with E-state index in [1.807, 2.05) is 6.92 Å². The van der Waals surface area contributed by atoms with E-state index < -0.39 is 0 Å². The zero-order chi connectivity index (χ0) is 9.68. The Balaban J connectivity index is 2.87. The van der Waals surface area contributed by atoms with Crippen LogP contribution in [0.3, 0.4) is 0 Å². The molecule has 0 heterocycles. The third-order valence-electron chi connectivity index (χ3n) is 2.01. The van der Waals surface area contributed by atoms with E-state index in [0.29, 0.717) is 12.3 Å². The molecule has 0 saturated heterocycles. The van der Waals surface area contributed by atoms with Gasteiger partial charge in [-0.1, -0.05) is 23.8 Å². The van der Waals surface area contributed by atoms with Gasteiger partial charge in [-0.15, -0.1) is 11.6 Å². The number of nitrogens with zero attached hydrogens (tertiary/aromatic N) is 1. The van der Waals surface area contributed by atoms with E-state index in [-0.39, 0.29) is 0 Å². The van der Waals surface area contributed by atoms with Gasteiger partial charge in [-0.2, -0.15) is 5.26 Å². The first-order valence-corrected chi connectivity index (χ1v) is 4.82. The Labute approximate surface area is 84.0 Å². The molecule has 0 saturated carbocycles. The Hall–Kier alpha value is -1.00. The third-order valence-corrected chi connectivity index (χ3v) is 2.30. The molecular formula is C11H12ClN. The van der Waals surface area contributed by atoms with E-state index in [2.05, 4.69) is 24.3 Å². The molecule has 0 aliphatic carbocycles. The van der Waals surface area contributed by atoms with E-state index in [0.717, 1.165) is 12.0 Å². The second-order valence-corrected chi connectivity index (χ2v) is 3.33. The number of alkyl halides is 1. The first-order chi connectivity index (χ1) is 6.27. The highest BCUT2D eigenvalue weighted by Crippen LogP contribution is 2.15. The third kappa shape index (κ3) is 2.75. The number of hydrogen-bond acceptors (Lipinski definition) is 1. The number of hydrogen-bond donors (Lipinski definition) is 0. The van der Waals surface area contributed by atoms with Gasteiger partial charge in [-0.25, -0.2) is 0 Å². The molecule has 0 radical (unpaired) electrons. The van der Waals surface area contributed by atoms with Gasteiger partial charge >= 0.3 is 0 Å². The lowest BCUT2D eigenvalue weighted by Crippen LogP contribution is -1.92. The van der Waals surface area contributed by atoms with E-state index >= 15 is 0 Å². The van der Waals surface area contributed by atoms with Crippen molar-refractivity contribution in [1.82, 2.24) is 0 Å². The molecule has 0 bridgehead atoms. The summed E-state index contributed by atoms with van der Waals surface area (Å²) in [5, 5.41) is 8.46. The maximum atomic E-state index is 8.46. The molecule has 0 N–H and O–H groups in total. The van der Waals surface area contributed by atoms with Crippen molar-refractivity contribution < 1.29 is 0 Å². The molecule has 0 aliphatic heterocycles. The van der Waals surface area contributed by atoms with Crippen LogP contribution in [0, 0.1) is 18.3 Å². The Bertz CT molecular complexity index is 325. The van der Waals surface area contributed by atoms with Gasteiger partial charge in [0.15, 0.2) is 0 Å². The largest absolute Gasteiger partial charge is 0.198 e. The predicted molar refractivity (Wildman–Crippen MR) is 54.7 cm³/mol. The molecule has 0 aromatic heterocycles. The molecule has 2 heteroatoms. The van der Waals surface area contributed by atoms with Gasteiger partial charge in [-0.3, -0.25) is 0 Å². The van der Waals surface area contributed by atoms with Gasteiger partial charge in [0.2, 0.25) is 0 Å². The van der Waals surface area contributed by atoms with Crippen molar-refractivity contribution in [1.29, 1.82) is 5.26 Å². The van der Waals surface area contributed by atoms with Crippen LogP contribution in [0.4, 0.5) is 0 Å². The molecule has 68 valence electrons. The van der Waals surface area contributed by atoms with Crippen molar-refractivity contribution in [2.75, 3.05) is 0 Å². The Morgan fingerprint density at radius 1 is 1.38 bits per heavy atom. The maximum absolute atomic E-state index is 8.46. The van der Waals surface area contributed by atoms with Gasteiger partial charge in [0.1, 0.15) is 0 Å². The highest BCUT2D eigenvalue weighted by atomic mass is 35.5. The van der Waals surface area contributed by atoms with Gasteiger partial charge in [0.25, 0.3) is 0 Å². The molecule has 0 unspecified atom stereocenters. The van der Waals surface area contributed by atoms with Gasteiger partial charge < -0.3 is 0 Å². The van der Waals surface area contributed by atoms with E-state index in [1.165, 1.54) is 11.1 Å². The van der Waals surface area contributed by atoms with Crippen LogP contribution >= 0.6 is 11.6 Å². The van der Waals surface area contributed by atoms with Crippen LogP contribution in [0.5, 0.6) is 0 Å². The molecule has 0 atom stereocenters. The SMILES string of the molecule is Cc1ccc(CCC#N)c(CCl)c1. The van der Waals surface area contributed by atoms with Crippen molar-refractivity contribution in [3.8, 4) is 6.07 Å². The molecular weight excluding hydrogens is 182 g/mol. The summed E-state index contributed by atoms with van der Waals surface area (Å²) < 4.78 is 0. The highest BCUT2D eigenvalue weighted by molar-refractivity contribution is 6.17. The van der Waals surface area contributed by atoms with Crippen LogP contribution in [0.15, 0.2) is 18.2 Å². The minimum absolute atomic E-state index is 0.530. The summed E-state index contributed by atoms with van der Waals surface area (Å²) in [5.74, 6) is 0.530. The van der Waals surface area contributed by atoms with Crippen LogP contribution in [-0.2, 0) is 12.3 Å². The summed E-state index contributed by atoms with van der Waals surface area (Å²) in [4.78, 5) is 0. The molecule has 1 aromatic carbocycles. The highest BCUT2D eigenvalue weighted by Gasteiger charge is 2.00. The lowest BCUT2D eigenvalue weighted by atomic mass is 10.0. The molecule has 0 spiro atoms. The summed E-state index contributed by atoms with van der Waals surface area (Å²) >= 11 is 5.80. The predicted octanol–water partition coefficient (Wildman–Crippen LogP) is 3.19. The topological polar surface area (TPSA) is 23.8 Å². The number of rotatable bonds is 3. The van der Waals surface area contributed by atoms with Crippen LogP contribution in [0.2, 0.25) is 0 Å². The normalized spacial score (nSPS) is 9.62. The van der Waals surface area contributed by atoms with Crippen LogP contribution < -0.4 is 0 Å². The lowest BCUT2D eigenvalue weighted by molar-refractivity contribution is 0.990. The fraction of sp³-hybridized carbons (Fsp3) is 0.364.